The molecule has 0 aliphatic rings. The first-order valence-electron chi connectivity index (χ1n) is 5.66. The molecule has 1 aromatic heterocycles. The largest absolute Gasteiger partial charge is 0.311 e. The summed E-state index contributed by atoms with van der Waals surface area (Å²) in [6.07, 6.45) is 0. The highest BCUT2D eigenvalue weighted by atomic mass is 15.5. The Morgan fingerprint density at radius 1 is 1.29 bits per heavy atom. The number of tetrazole rings is 1. The predicted octanol–water partition coefficient (Wildman–Crippen LogP) is 1.56. The average molecular weight is 231 g/mol. The average Bonchev–Trinajstić information content (AvgIpc) is 2.77. The van der Waals surface area contributed by atoms with Gasteiger partial charge in [-0.3, -0.25) is 0 Å². The van der Waals surface area contributed by atoms with Crippen LogP contribution in [0.5, 0.6) is 0 Å². The highest BCUT2D eigenvalue weighted by Gasteiger charge is 2.15. The van der Waals surface area contributed by atoms with Crippen molar-refractivity contribution in [1.82, 2.24) is 25.5 Å². The molecule has 0 spiro atoms. The SMILES string of the molecule is CNC(C)c1nnnn1-c1ccc(C)cc1C. The van der Waals surface area contributed by atoms with E-state index >= 15 is 0 Å². The van der Waals surface area contributed by atoms with E-state index in [9.17, 15) is 0 Å². The molecule has 5 nitrogen and oxygen atoms in total. The van der Waals surface area contributed by atoms with Crippen molar-refractivity contribution >= 4 is 0 Å². The van der Waals surface area contributed by atoms with E-state index in [0.29, 0.717) is 0 Å². The normalized spacial score (nSPS) is 12.7. The Morgan fingerprint density at radius 3 is 2.71 bits per heavy atom. The number of hydrogen-bond acceptors (Lipinski definition) is 4. The smallest absolute Gasteiger partial charge is 0.173 e. The molecular weight excluding hydrogens is 214 g/mol. The standard InChI is InChI=1S/C12H17N5/c1-8-5-6-11(9(2)7-8)17-12(10(3)13-4)14-15-16-17/h5-7,10,13H,1-4H3. The first kappa shape index (κ1) is 11.7. The van der Waals surface area contributed by atoms with Crippen LogP contribution < -0.4 is 5.32 Å². The van der Waals surface area contributed by atoms with Crippen LogP contribution in [0.25, 0.3) is 5.69 Å². The lowest BCUT2D eigenvalue weighted by molar-refractivity contribution is 0.588. The van der Waals surface area contributed by atoms with E-state index < -0.39 is 0 Å². The molecule has 0 saturated heterocycles. The topological polar surface area (TPSA) is 55.6 Å². The second-order valence-electron chi connectivity index (χ2n) is 4.25. The number of rotatable bonds is 3. The van der Waals surface area contributed by atoms with Gasteiger partial charge in [0.15, 0.2) is 5.82 Å². The summed E-state index contributed by atoms with van der Waals surface area (Å²) in [6.45, 7) is 6.18. The van der Waals surface area contributed by atoms with E-state index in [1.807, 2.05) is 20.0 Å². The van der Waals surface area contributed by atoms with Gasteiger partial charge in [-0.15, -0.1) is 5.10 Å². The Kier molecular flexibility index (Phi) is 3.19. The molecule has 17 heavy (non-hydrogen) atoms. The van der Waals surface area contributed by atoms with Gasteiger partial charge in [-0.05, 0) is 49.9 Å². The van der Waals surface area contributed by atoms with Crippen LogP contribution >= 0.6 is 0 Å². The van der Waals surface area contributed by atoms with Gasteiger partial charge in [0.1, 0.15) is 0 Å². The molecule has 0 aliphatic carbocycles. The van der Waals surface area contributed by atoms with Crippen LogP contribution in [0.3, 0.4) is 0 Å². The summed E-state index contributed by atoms with van der Waals surface area (Å²) in [5, 5.41) is 15.0. The van der Waals surface area contributed by atoms with E-state index in [2.05, 4.69) is 46.8 Å². The minimum Gasteiger partial charge on any atom is -0.311 e. The van der Waals surface area contributed by atoms with Gasteiger partial charge in [-0.25, -0.2) is 0 Å². The molecule has 90 valence electrons. The number of nitrogens with zero attached hydrogens (tertiary/aromatic N) is 4. The fourth-order valence-corrected chi connectivity index (χ4v) is 1.81. The third-order valence-corrected chi connectivity index (χ3v) is 2.89. The van der Waals surface area contributed by atoms with Crippen molar-refractivity contribution in [1.29, 1.82) is 0 Å². The maximum Gasteiger partial charge on any atom is 0.173 e. The molecule has 0 radical (unpaired) electrons. The van der Waals surface area contributed by atoms with Crippen LogP contribution in [0, 0.1) is 13.8 Å². The minimum atomic E-state index is 0.116. The van der Waals surface area contributed by atoms with Crippen LogP contribution in [-0.4, -0.2) is 27.3 Å². The number of hydrogen-bond donors (Lipinski definition) is 1. The summed E-state index contributed by atoms with van der Waals surface area (Å²) >= 11 is 0. The number of nitrogens with one attached hydrogen (secondary N) is 1. The summed E-state index contributed by atoms with van der Waals surface area (Å²) in [5.41, 5.74) is 3.43. The van der Waals surface area contributed by atoms with Crippen molar-refractivity contribution in [3.05, 3.63) is 35.2 Å². The van der Waals surface area contributed by atoms with Crippen molar-refractivity contribution in [2.45, 2.75) is 26.8 Å². The lowest BCUT2D eigenvalue weighted by Crippen LogP contribution is -2.18. The van der Waals surface area contributed by atoms with Crippen LogP contribution in [0.1, 0.15) is 29.9 Å². The molecule has 1 aromatic carbocycles. The van der Waals surface area contributed by atoms with Gasteiger partial charge in [0, 0.05) is 0 Å². The maximum absolute atomic E-state index is 4.07. The zero-order chi connectivity index (χ0) is 12.4. The zero-order valence-corrected chi connectivity index (χ0v) is 10.6. The van der Waals surface area contributed by atoms with Gasteiger partial charge in [-0.1, -0.05) is 17.7 Å². The molecule has 1 unspecified atom stereocenters. The third-order valence-electron chi connectivity index (χ3n) is 2.89. The molecule has 0 saturated carbocycles. The van der Waals surface area contributed by atoms with Crippen LogP contribution in [0.15, 0.2) is 18.2 Å². The van der Waals surface area contributed by atoms with Crippen LogP contribution in [0.2, 0.25) is 0 Å². The van der Waals surface area contributed by atoms with Crippen molar-refractivity contribution in [3.63, 3.8) is 0 Å². The summed E-state index contributed by atoms with van der Waals surface area (Å²) in [7, 11) is 1.89. The Hall–Kier alpha value is -1.75. The second kappa shape index (κ2) is 4.63. The molecular formula is C12H17N5. The van der Waals surface area contributed by atoms with Crippen molar-refractivity contribution in [2.75, 3.05) is 7.05 Å². The summed E-state index contributed by atoms with van der Waals surface area (Å²) in [6, 6.07) is 6.36. The number of benzene rings is 1. The van der Waals surface area contributed by atoms with Crippen LogP contribution in [-0.2, 0) is 0 Å². The minimum absolute atomic E-state index is 0.116. The Morgan fingerprint density at radius 2 is 2.06 bits per heavy atom. The lowest BCUT2D eigenvalue weighted by atomic mass is 10.1. The maximum atomic E-state index is 4.07. The van der Waals surface area contributed by atoms with Crippen LogP contribution in [0.4, 0.5) is 0 Å². The molecule has 2 aromatic rings. The predicted molar refractivity (Wildman–Crippen MR) is 66.1 cm³/mol. The highest BCUT2D eigenvalue weighted by Crippen LogP contribution is 2.18. The van der Waals surface area contributed by atoms with E-state index in [0.717, 1.165) is 11.5 Å². The van der Waals surface area contributed by atoms with E-state index in [-0.39, 0.29) is 6.04 Å². The molecule has 0 aliphatic heterocycles. The molecule has 5 heteroatoms. The molecule has 0 amide bonds. The first-order valence-corrected chi connectivity index (χ1v) is 5.66. The number of aryl methyl sites for hydroxylation is 2. The Bertz CT molecular complexity index is 517. The summed E-state index contributed by atoms with van der Waals surface area (Å²) < 4.78 is 1.79. The van der Waals surface area contributed by atoms with Gasteiger partial charge in [0.05, 0.1) is 11.7 Å². The quantitative estimate of drug-likeness (QED) is 0.871. The Balaban J connectivity index is 2.50. The summed E-state index contributed by atoms with van der Waals surface area (Å²) in [5.74, 6) is 0.819. The lowest BCUT2D eigenvalue weighted by Gasteiger charge is -2.12. The van der Waals surface area contributed by atoms with Gasteiger partial charge in [-0.2, -0.15) is 4.68 Å². The van der Waals surface area contributed by atoms with Gasteiger partial charge < -0.3 is 5.32 Å². The van der Waals surface area contributed by atoms with Gasteiger partial charge in [0.25, 0.3) is 0 Å². The Labute approximate surface area is 101 Å². The van der Waals surface area contributed by atoms with Crippen molar-refractivity contribution < 1.29 is 0 Å². The van der Waals surface area contributed by atoms with E-state index in [4.69, 9.17) is 0 Å². The third kappa shape index (κ3) is 2.19. The second-order valence-corrected chi connectivity index (χ2v) is 4.25. The van der Waals surface area contributed by atoms with E-state index in [1.54, 1.807) is 4.68 Å². The van der Waals surface area contributed by atoms with Gasteiger partial charge >= 0.3 is 0 Å². The molecule has 1 atom stereocenters. The van der Waals surface area contributed by atoms with Gasteiger partial charge in [0.2, 0.25) is 0 Å². The fourth-order valence-electron chi connectivity index (χ4n) is 1.81. The van der Waals surface area contributed by atoms with E-state index in [1.165, 1.54) is 11.1 Å². The fraction of sp³-hybridized carbons (Fsp3) is 0.417. The number of aromatic nitrogens is 4. The molecule has 1 N–H and O–H groups in total. The molecule has 0 fully saturated rings. The molecule has 2 rings (SSSR count). The highest BCUT2D eigenvalue weighted by molar-refractivity contribution is 5.42. The molecule has 1 heterocycles. The van der Waals surface area contributed by atoms with Crippen molar-refractivity contribution in [2.24, 2.45) is 0 Å². The molecule has 0 bridgehead atoms. The van der Waals surface area contributed by atoms with Crippen molar-refractivity contribution in [3.8, 4) is 5.69 Å². The summed E-state index contributed by atoms with van der Waals surface area (Å²) in [4.78, 5) is 0. The first-order chi connectivity index (χ1) is 8.13. The zero-order valence-electron chi connectivity index (χ0n) is 10.6. The monoisotopic (exact) mass is 231 g/mol.